The molecule has 0 radical (unpaired) electrons. The van der Waals surface area contributed by atoms with Crippen molar-refractivity contribution in [3.8, 4) is 0 Å². The Kier molecular flexibility index (Phi) is 5.07. The summed E-state index contributed by atoms with van der Waals surface area (Å²) in [6.45, 7) is 3.08. The van der Waals surface area contributed by atoms with Crippen LogP contribution in [0.3, 0.4) is 0 Å². The first-order chi connectivity index (χ1) is 12.6. The second-order valence-electron chi connectivity index (χ2n) is 7.57. The average Bonchev–Trinajstić information content (AvgIpc) is 3.17. The molecule has 2 saturated heterocycles. The van der Waals surface area contributed by atoms with Gasteiger partial charge in [-0.05, 0) is 74.5 Å². The van der Waals surface area contributed by atoms with E-state index in [1.165, 1.54) is 18.2 Å². The summed E-state index contributed by atoms with van der Waals surface area (Å²) >= 11 is 0. The molecule has 1 aliphatic carbocycles. The first-order valence-corrected chi connectivity index (χ1v) is 9.59. The summed E-state index contributed by atoms with van der Waals surface area (Å²) in [6.07, 6.45) is 5.66. The van der Waals surface area contributed by atoms with Gasteiger partial charge >= 0.3 is 0 Å². The lowest BCUT2D eigenvalue weighted by Gasteiger charge is -2.39. The van der Waals surface area contributed by atoms with Crippen molar-refractivity contribution in [3.63, 3.8) is 0 Å². The van der Waals surface area contributed by atoms with Gasteiger partial charge in [0.1, 0.15) is 17.8 Å². The molecule has 1 aromatic rings. The predicted octanol–water partition coefficient (Wildman–Crippen LogP) is 4.56. The highest BCUT2D eigenvalue weighted by molar-refractivity contribution is 5.32. The van der Waals surface area contributed by atoms with E-state index in [-0.39, 0.29) is 11.6 Å². The van der Waals surface area contributed by atoms with Crippen LogP contribution in [0.1, 0.15) is 37.2 Å². The van der Waals surface area contributed by atoms with E-state index in [2.05, 4.69) is 4.90 Å². The Bertz CT molecular complexity index is 684. The summed E-state index contributed by atoms with van der Waals surface area (Å²) in [6, 6.07) is 5.80. The van der Waals surface area contributed by atoms with Crippen LogP contribution in [0.5, 0.6) is 0 Å². The third-order valence-electron chi connectivity index (χ3n) is 5.94. The van der Waals surface area contributed by atoms with Crippen LogP contribution in [0.15, 0.2) is 47.9 Å². The molecule has 2 atom stereocenters. The topological polar surface area (TPSA) is 6.48 Å². The Hall–Kier alpha value is -1.75. The Balaban J connectivity index is 1.40. The van der Waals surface area contributed by atoms with E-state index >= 15 is 0 Å². The second kappa shape index (κ2) is 7.47. The molecule has 2 fully saturated rings. The minimum atomic E-state index is -1.31. The first kappa shape index (κ1) is 17.7. The molecule has 0 aromatic heterocycles. The second-order valence-corrected chi connectivity index (χ2v) is 7.57. The molecule has 0 spiro atoms. The van der Waals surface area contributed by atoms with Gasteiger partial charge in [0.05, 0.1) is 6.04 Å². The monoisotopic (exact) mass is 362 g/mol. The molecule has 2 unspecified atom stereocenters. The van der Waals surface area contributed by atoms with Gasteiger partial charge in [0, 0.05) is 18.8 Å². The maximum Gasteiger partial charge on any atom is 0.142 e. The number of allylic oxidation sites excluding steroid dienone is 1. The maximum absolute atomic E-state index is 14.8. The molecule has 140 valence electrons. The highest BCUT2D eigenvalue weighted by Gasteiger charge is 2.36. The van der Waals surface area contributed by atoms with Crippen LogP contribution in [0.2, 0.25) is 0 Å². The van der Waals surface area contributed by atoms with Crippen molar-refractivity contribution >= 4 is 0 Å². The summed E-state index contributed by atoms with van der Waals surface area (Å²) in [7, 11) is 0. The van der Waals surface area contributed by atoms with E-state index in [4.69, 9.17) is 0 Å². The number of hydrogen-bond donors (Lipinski definition) is 0. The van der Waals surface area contributed by atoms with Gasteiger partial charge in [-0.2, -0.15) is 0 Å². The lowest BCUT2D eigenvalue weighted by atomic mass is 9.88. The van der Waals surface area contributed by atoms with E-state index in [0.717, 1.165) is 44.3 Å². The minimum absolute atomic E-state index is 0.235. The van der Waals surface area contributed by atoms with Crippen LogP contribution in [0.4, 0.5) is 13.2 Å². The van der Waals surface area contributed by atoms with E-state index in [9.17, 15) is 13.2 Å². The number of alkyl halides is 1. The quantitative estimate of drug-likeness (QED) is 0.778. The fourth-order valence-corrected chi connectivity index (χ4v) is 4.47. The average molecular weight is 362 g/mol. The van der Waals surface area contributed by atoms with Crippen LogP contribution >= 0.6 is 0 Å². The van der Waals surface area contributed by atoms with Gasteiger partial charge < -0.3 is 4.90 Å². The van der Waals surface area contributed by atoms with Gasteiger partial charge in [0.2, 0.25) is 0 Å². The molecular formula is C21H25F3N2. The molecule has 0 bridgehead atoms. The molecule has 0 amide bonds. The number of likely N-dealkylation sites (tertiary alicyclic amines) is 2. The fourth-order valence-electron chi connectivity index (χ4n) is 4.47. The van der Waals surface area contributed by atoms with Crippen molar-refractivity contribution in [1.82, 2.24) is 9.80 Å². The van der Waals surface area contributed by atoms with Crippen molar-refractivity contribution in [2.24, 2.45) is 0 Å². The zero-order valence-corrected chi connectivity index (χ0v) is 14.9. The van der Waals surface area contributed by atoms with Crippen LogP contribution in [-0.4, -0.2) is 48.2 Å². The number of halogens is 3. The van der Waals surface area contributed by atoms with E-state index in [1.54, 1.807) is 6.08 Å². The molecule has 0 N–H and O–H groups in total. The van der Waals surface area contributed by atoms with Gasteiger partial charge in [0.25, 0.3) is 0 Å². The highest BCUT2D eigenvalue weighted by atomic mass is 19.1. The van der Waals surface area contributed by atoms with Gasteiger partial charge in [-0.25, -0.2) is 13.2 Å². The molecule has 0 saturated carbocycles. The number of nitrogens with zero attached hydrogens (tertiary/aromatic N) is 2. The standard InChI is InChI=1S/C21H25F3N2/c22-17-5-3-15(4-6-17)16-7-11-26(12-8-16)21-19(23)13-18(14-20(21)24)25-9-1-2-10-25/h3-6,13-14,16,19,21H,1-2,7-12H2. The SMILES string of the molecule is FC1=CC(N2CCCC2)=CC(F)C1N1CCC(c2ccc(F)cc2)CC1. The van der Waals surface area contributed by atoms with Gasteiger partial charge in [-0.15, -0.1) is 0 Å². The van der Waals surface area contributed by atoms with Crippen LogP contribution < -0.4 is 0 Å². The first-order valence-electron chi connectivity index (χ1n) is 9.59. The van der Waals surface area contributed by atoms with Crippen molar-refractivity contribution in [3.05, 3.63) is 59.3 Å². The van der Waals surface area contributed by atoms with Gasteiger partial charge in [-0.1, -0.05) is 12.1 Å². The normalized spacial score (nSPS) is 28.2. The molecular weight excluding hydrogens is 337 g/mol. The third kappa shape index (κ3) is 3.54. The molecule has 3 aliphatic rings. The predicted molar refractivity (Wildman–Crippen MR) is 96.7 cm³/mol. The van der Waals surface area contributed by atoms with E-state index in [0.29, 0.717) is 24.7 Å². The smallest absolute Gasteiger partial charge is 0.142 e. The molecule has 1 aromatic carbocycles. The van der Waals surface area contributed by atoms with Crippen molar-refractivity contribution in [2.45, 2.75) is 43.8 Å². The Morgan fingerprint density at radius 2 is 1.54 bits per heavy atom. The lowest BCUT2D eigenvalue weighted by molar-refractivity contribution is 0.107. The van der Waals surface area contributed by atoms with E-state index < -0.39 is 12.2 Å². The lowest BCUT2D eigenvalue weighted by Crippen LogP contribution is -2.47. The maximum atomic E-state index is 14.8. The molecule has 4 rings (SSSR count). The van der Waals surface area contributed by atoms with Gasteiger partial charge in [0.15, 0.2) is 0 Å². The molecule has 2 nitrogen and oxygen atoms in total. The summed E-state index contributed by atoms with van der Waals surface area (Å²) < 4.78 is 42.6. The number of rotatable bonds is 3. The highest BCUT2D eigenvalue weighted by Crippen LogP contribution is 2.34. The van der Waals surface area contributed by atoms with E-state index in [1.807, 2.05) is 17.0 Å². The van der Waals surface area contributed by atoms with Crippen molar-refractivity contribution in [1.29, 1.82) is 0 Å². The Morgan fingerprint density at radius 1 is 0.885 bits per heavy atom. The molecule has 26 heavy (non-hydrogen) atoms. The minimum Gasteiger partial charge on any atom is -0.372 e. The summed E-state index contributed by atoms with van der Waals surface area (Å²) in [4.78, 5) is 4.00. The van der Waals surface area contributed by atoms with Crippen molar-refractivity contribution in [2.75, 3.05) is 26.2 Å². The molecule has 2 aliphatic heterocycles. The fraction of sp³-hybridized carbons (Fsp3) is 0.524. The van der Waals surface area contributed by atoms with Crippen molar-refractivity contribution < 1.29 is 13.2 Å². The molecule has 5 heteroatoms. The number of hydrogen-bond acceptors (Lipinski definition) is 2. The third-order valence-corrected chi connectivity index (χ3v) is 5.94. The number of benzene rings is 1. The molecule has 2 heterocycles. The summed E-state index contributed by atoms with van der Waals surface area (Å²) in [5.74, 6) is -0.264. The van der Waals surface area contributed by atoms with Crippen LogP contribution in [0.25, 0.3) is 0 Å². The van der Waals surface area contributed by atoms with Gasteiger partial charge in [-0.3, -0.25) is 4.90 Å². The zero-order valence-electron chi connectivity index (χ0n) is 14.9. The zero-order chi connectivity index (χ0) is 18.1. The Labute approximate surface area is 153 Å². The largest absolute Gasteiger partial charge is 0.372 e. The Morgan fingerprint density at radius 3 is 2.15 bits per heavy atom. The van der Waals surface area contributed by atoms with Crippen LogP contribution in [-0.2, 0) is 0 Å². The summed E-state index contributed by atoms with van der Waals surface area (Å²) in [5, 5.41) is 0. The van der Waals surface area contributed by atoms with Crippen LogP contribution in [0, 0.1) is 5.82 Å². The number of piperidine rings is 1. The summed E-state index contributed by atoms with van der Waals surface area (Å²) in [5.41, 5.74) is 1.81.